The van der Waals surface area contributed by atoms with E-state index in [2.05, 4.69) is 11.6 Å². The number of allylic oxidation sites excluding steroid dienone is 1. The minimum Gasteiger partial charge on any atom is -0.343 e. The molecule has 1 aliphatic heterocycles. The fourth-order valence-corrected chi connectivity index (χ4v) is 5.32. The smallest absolute Gasteiger partial charge is 0.294 e. The second kappa shape index (κ2) is 9.57. The number of aromatic nitrogens is 1. The van der Waals surface area contributed by atoms with Crippen LogP contribution in [0.5, 0.6) is 0 Å². The van der Waals surface area contributed by atoms with Gasteiger partial charge in [0.1, 0.15) is 11.2 Å². The number of nitrogens with zero attached hydrogens (tertiary/aromatic N) is 2. The van der Waals surface area contributed by atoms with Crippen LogP contribution in [0.3, 0.4) is 0 Å². The molecule has 40 heavy (non-hydrogen) atoms. The zero-order valence-electron chi connectivity index (χ0n) is 21.1. The molecule has 2 aliphatic rings. The van der Waals surface area contributed by atoms with E-state index in [4.69, 9.17) is 27.9 Å². The molecule has 0 unspecified atom stereocenters. The molecule has 5 rings (SSSR count). The van der Waals surface area contributed by atoms with E-state index in [9.17, 15) is 30.3 Å². The molecule has 0 radical (unpaired) electrons. The van der Waals surface area contributed by atoms with Gasteiger partial charge in [0, 0.05) is 16.8 Å². The first kappa shape index (κ1) is 28.6. The van der Waals surface area contributed by atoms with Gasteiger partial charge in [0.05, 0.1) is 28.4 Å². The molecule has 0 spiro atoms. The SMILES string of the molecule is C=C(C)c1cc(F)c2c(c1)C(=O)N(Cc1ccc(Cl)cn1)[C@@]2(OC(O)(O)C1(C(O)(O)O)CC1)c1ccc(Cl)cc1. The second-order valence-electron chi connectivity index (χ2n) is 10.1. The molecule has 2 heterocycles. The van der Waals surface area contributed by atoms with E-state index in [0.717, 1.165) is 11.0 Å². The molecule has 12 heteroatoms. The predicted octanol–water partition coefficient (Wildman–Crippen LogP) is 3.48. The molecule has 1 atom stereocenters. The van der Waals surface area contributed by atoms with Gasteiger partial charge in [-0.1, -0.05) is 47.5 Å². The van der Waals surface area contributed by atoms with Crippen LogP contribution >= 0.6 is 23.2 Å². The molecule has 0 saturated heterocycles. The highest BCUT2D eigenvalue weighted by molar-refractivity contribution is 6.30. The fraction of sp³-hybridized carbons (Fsp3) is 0.286. The van der Waals surface area contributed by atoms with Crippen LogP contribution in [0.25, 0.3) is 5.57 Å². The highest BCUT2D eigenvalue weighted by Gasteiger charge is 2.74. The molecule has 3 aromatic rings. The molecule has 210 valence electrons. The summed E-state index contributed by atoms with van der Waals surface area (Å²) >= 11 is 12.1. The second-order valence-corrected chi connectivity index (χ2v) is 11.0. The summed E-state index contributed by atoms with van der Waals surface area (Å²) in [5.41, 5.74) is -4.23. The monoisotopic (exact) mass is 590 g/mol. The van der Waals surface area contributed by atoms with Gasteiger partial charge in [-0.2, -0.15) is 0 Å². The van der Waals surface area contributed by atoms with Crippen LogP contribution in [0.1, 0.15) is 52.5 Å². The van der Waals surface area contributed by atoms with Crippen molar-refractivity contribution in [1.29, 1.82) is 0 Å². The van der Waals surface area contributed by atoms with Crippen LogP contribution in [-0.2, 0) is 17.0 Å². The Morgan fingerprint density at radius 3 is 2.23 bits per heavy atom. The first-order valence-electron chi connectivity index (χ1n) is 12.1. The maximum absolute atomic E-state index is 16.2. The molecule has 1 aliphatic carbocycles. The van der Waals surface area contributed by atoms with Crippen LogP contribution in [0, 0.1) is 11.2 Å². The van der Waals surface area contributed by atoms with Crippen molar-refractivity contribution in [2.75, 3.05) is 0 Å². The van der Waals surface area contributed by atoms with Gasteiger partial charge in [0.15, 0.2) is 0 Å². The summed E-state index contributed by atoms with van der Waals surface area (Å²) in [6.07, 6.45) is 0.780. The van der Waals surface area contributed by atoms with Gasteiger partial charge in [-0.05, 0) is 61.7 Å². The number of fused-ring (bicyclic) bond motifs is 1. The van der Waals surface area contributed by atoms with E-state index in [0.29, 0.717) is 16.2 Å². The lowest BCUT2D eigenvalue weighted by Gasteiger charge is -2.46. The standard InChI is InChI=1S/C28H25Cl2FN2O7/c1-15(2)16-11-21-23(22(31)12-16)26(17-3-5-18(29)6-4-17,40-28(38,39)25(9-10-25)27(35,36)37)33(24(21)34)14-20-8-7-19(30)13-32-20/h3-8,11-13,35-39H,1,9-10,14H2,2H3/t26-/m1/s1. The number of ether oxygens (including phenoxy) is 1. The molecule has 9 nitrogen and oxygen atoms in total. The van der Waals surface area contributed by atoms with E-state index in [-0.39, 0.29) is 46.8 Å². The molecule has 1 amide bonds. The number of halogens is 3. The van der Waals surface area contributed by atoms with Crippen molar-refractivity contribution in [3.8, 4) is 0 Å². The van der Waals surface area contributed by atoms with Crippen molar-refractivity contribution in [3.05, 3.63) is 105 Å². The van der Waals surface area contributed by atoms with E-state index >= 15 is 4.39 Å². The average molecular weight is 591 g/mol. The lowest BCUT2D eigenvalue weighted by atomic mass is 9.90. The molecule has 1 aromatic heterocycles. The highest BCUT2D eigenvalue weighted by atomic mass is 35.5. The van der Waals surface area contributed by atoms with Gasteiger partial charge >= 0.3 is 0 Å². The van der Waals surface area contributed by atoms with Gasteiger partial charge in [-0.25, -0.2) is 4.39 Å². The maximum Gasteiger partial charge on any atom is 0.294 e. The summed E-state index contributed by atoms with van der Waals surface area (Å²) in [4.78, 5) is 19.3. The predicted molar refractivity (Wildman–Crippen MR) is 142 cm³/mol. The Hall–Kier alpha value is -2.93. The van der Waals surface area contributed by atoms with Crippen molar-refractivity contribution < 1.29 is 39.5 Å². The zero-order valence-corrected chi connectivity index (χ0v) is 22.6. The molecule has 5 N–H and O–H groups in total. The van der Waals surface area contributed by atoms with E-state index < -0.39 is 34.8 Å². The number of carbonyl (C=O) groups excluding carboxylic acids is 1. The molecular formula is C28H25Cl2FN2O7. The fourth-order valence-electron chi connectivity index (χ4n) is 5.08. The Balaban J connectivity index is 1.81. The van der Waals surface area contributed by atoms with E-state index in [1.807, 2.05) is 0 Å². The summed E-state index contributed by atoms with van der Waals surface area (Å²) in [6.45, 7) is 5.12. The van der Waals surface area contributed by atoms with Gasteiger partial charge in [-0.15, -0.1) is 0 Å². The molecule has 0 bridgehead atoms. The number of hydrogen-bond acceptors (Lipinski definition) is 8. The van der Waals surface area contributed by atoms with Gasteiger partial charge in [0.25, 0.3) is 17.9 Å². The number of amides is 1. The minimum absolute atomic E-state index is 0.0441. The third kappa shape index (κ3) is 4.41. The third-order valence-corrected chi connectivity index (χ3v) is 7.90. The Labute approximate surface area is 238 Å². The Bertz CT molecular complexity index is 1500. The number of hydrogen-bond donors (Lipinski definition) is 5. The van der Waals surface area contributed by atoms with Crippen LogP contribution in [0.4, 0.5) is 4.39 Å². The zero-order chi connectivity index (χ0) is 29.3. The number of benzene rings is 2. The van der Waals surface area contributed by atoms with Crippen molar-refractivity contribution in [2.24, 2.45) is 5.41 Å². The quantitative estimate of drug-likeness (QED) is 0.251. The minimum atomic E-state index is -3.59. The van der Waals surface area contributed by atoms with E-state index in [1.165, 1.54) is 48.7 Å². The lowest BCUT2D eigenvalue weighted by Crippen LogP contribution is -2.61. The van der Waals surface area contributed by atoms with Gasteiger partial charge in [0.2, 0.25) is 5.72 Å². The Morgan fingerprint density at radius 2 is 1.70 bits per heavy atom. The largest absolute Gasteiger partial charge is 0.343 e. The normalized spacial score (nSPS) is 20.0. The molecule has 2 aromatic carbocycles. The van der Waals surface area contributed by atoms with E-state index in [1.54, 1.807) is 6.92 Å². The molecule has 1 saturated carbocycles. The van der Waals surface area contributed by atoms with Crippen molar-refractivity contribution >= 4 is 34.7 Å². The molecular weight excluding hydrogens is 566 g/mol. The van der Waals surface area contributed by atoms with Crippen LogP contribution in [-0.4, -0.2) is 53.3 Å². The van der Waals surface area contributed by atoms with Gasteiger partial charge < -0.3 is 25.5 Å². The summed E-state index contributed by atoms with van der Waals surface area (Å²) < 4.78 is 22.1. The van der Waals surface area contributed by atoms with Crippen molar-refractivity contribution in [1.82, 2.24) is 9.88 Å². The van der Waals surface area contributed by atoms with Crippen LogP contribution in [0.15, 0.2) is 61.3 Å². The number of carbonyl (C=O) groups is 1. The Morgan fingerprint density at radius 1 is 1.07 bits per heavy atom. The third-order valence-electron chi connectivity index (χ3n) is 7.43. The number of pyridine rings is 1. The average Bonchev–Trinajstić information content (AvgIpc) is 3.67. The first-order valence-corrected chi connectivity index (χ1v) is 12.9. The van der Waals surface area contributed by atoms with Crippen molar-refractivity contribution in [2.45, 2.75) is 44.0 Å². The maximum atomic E-state index is 16.2. The topological polar surface area (TPSA) is 144 Å². The lowest BCUT2D eigenvalue weighted by molar-refractivity contribution is -0.484. The van der Waals surface area contributed by atoms with Crippen LogP contribution < -0.4 is 0 Å². The Kier molecular flexibility index (Phi) is 6.84. The summed E-state index contributed by atoms with van der Waals surface area (Å²) in [5.74, 6) is -8.78. The van der Waals surface area contributed by atoms with Gasteiger partial charge in [-0.3, -0.25) is 19.4 Å². The van der Waals surface area contributed by atoms with Crippen molar-refractivity contribution in [3.63, 3.8) is 0 Å². The number of aliphatic hydroxyl groups is 5. The summed E-state index contributed by atoms with van der Waals surface area (Å²) in [7, 11) is 0. The molecule has 1 fully saturated rings. The van der Waals surface area contributed by atoms with Crippen LogP contribution in [0.2, 0.25) is 10.0 Å². The number of rotatable bonds is 8. The highest BCUT2D eigenvalue weighted by Crippen LogP contribution is 2.62. The first-order chi connectivity index (χ1) is 18.6. The summed E-state index contributed by atoms with van der Waals surface area (Å²) in [6, 6.07) is 11.3. The summed E-state index contributed by atoms with van der Waals surface area (Å²) in [5, 5.41) is 53.3.